The minimum absolute atomic E-state index is 0.0224. The highest BCUT2D eigenvalue weighted by atomic mass is 32.2. The van der Waals surface area contributed by atoms with Gasteiger partial charge in [-0.15, -0.1) is 0 Å². The van der Waals surface area contributed by atoms with Crippen molar-refractivity contribution in [2.45, 2.75) is 76.0 Å². The Morgan fingerprint density at radius 2 is 1.83 bits per heavy atom. The van der Waals surface area contributed by atoms with Gasteiger partial charge in [0.15, 0.2) is 0 Å². The number of benzene rings is 2. The summed E-state index contributed by atoms with van der Waals surface area (Å²) in [5.74, 6) is -0.925. The average Bonchev–Trinajstić information content (AvgIpc) is 3.02. The van der Waals surface area contributed by atoms with E-state index in [0.29, 0.717) is 31.7 Å². The van der Waals surface area contributed by atoms with Crippen LogP contribution in [0.15, 0.2) is 47.4 Å². The third-order valence-corrected chi connectivity index (χ3v) is 9.70. The zero-order valence-electron chi connectivity index (χ0n) is 28.4. The highest BCUT2D eigenvalue weighted by Crippen LogP contribution is 2.29. The van der Waals surface area contributed by atoms with Crippen molar-refractivity contribution in [3.63, 3.8) is 0 Å². The second-order valence-electron chi connectivity index (χ2n) is 12.8. The topological polar surface area (TPSA) is 129 Å². The van der Waals surface area contributed by atoms with Crippen LogP contribution < -0.4 is 9.46 Å². The summed E-state index contributed by atoms with van der Waals surface area (Å²) in [5.41, 5.74) is 0.255. The number of carbonyl (C=O) groups is 2. The maximum atomic E-state index is 14.3. The Kier molecular flexibility index (Phi) is 14.4. The van der Waals surface area contributed by atoms with Crippen LogP contribution in [0.25, 0.3) is 0 Å². The predicted molar refractivity (Wildman–Crippen MR) is 180 cm³/mol. The number of aliphatic hydroxyl groups is 1. The van der Waals surface area contributed by atoms with Gasteiger partial charge >= 0.3 is 0 Å². The van der Waals surface area contributed by atoms with E-state index in [4.69, 9.17) is 9.47 Å². The number of halogens is 1. The van der Waals surface area contributed by atoms with Gasteiger partial charge in [-0.25, -0.2) is 12.8 Å². The summed E-state index contributed by atoms with van der Waals surface area (Å²) >= 11 is 0. The highest BCUT2D eigenvalue weighted by Gasteiger charge is 2.31. The summed E-state index contributed by atoms with van der Waals surface area (Å²) in [6.07, 6.45) is 2.83. The van der Waals surface area contributed by atoms with Gasteiger partial charge in [0.1, 0.15) is 11.6 Å². The molecular formula is C34H51FN4O7S. The lowest BCUT2D eigenvalue weighted by atomic mass is 10.0. The normalized spacial score (nSPS) is 20.6. The number of sulfonamides is 1. The average molecular weight is 679 g/mol. The van der Waals surface area contributed by atoms with Crippen LogP contribution in [0.4, 0.5) is 10.1 Å². The van der Waals surface area contributed by atoms with Crippen LogP contribution in [-0.2, 0) is 19.6 Å². The van der Waals surface area contributed by atoms with Gasteiger partial charge in [-0.05, 0) is 103 Å². The van der Waals surface area contributed by atoms with Crippen LogP contribution >= 0.6 is 0 Å². The Bertz CT molecular complexity index is 1420. The van der Waals surface area contributed by atoms with Gasteiger partial charge in [0, 0.05) is 44.8 Å². The third-order valence-electron chi connectivity index (χ3n) is 8.30. The number of nitrogens with zero attached hydrogens (tertiary/aromatic N) is 3. The molecule has 0 fully saturated rings. The number of nitrogens with one attached hydrogen (secondary N) is 1. The van der Waals surface area contributed by atoms with E-state index in [-0.39, 0.29) is 53.3 Å². The summed E-state index contributed by atoms with van der Waals surface area (Å²) in [7, 11) is 1.62. The number of hydrogen-bond acceptors (Lipinski definition) is 8. The second-order valence-corrected chi connectivity index (χ2v) is 14.4. The molecule has 4 atom stereocenters. The van der Waals surface area contributed by atoms with Gasteiger partial charge in [0.25, 0.3) is 15.9 Å². The minimum atomic E-state index is -4.09. The molecule has 0 aliphatic carbocycles. The van der Waals surface area contributed by atoms with Crippen molar-refractivity contribution in [1.82, 2.24) is 14.7 Å². The van der Waals surface area contributed by atoms with E-state index in [1.807, 2.05) is 32.8 Å². The molecule has 0 saturated carbocycles. The molecule has 2 amide bonds. The Hall–Kier alpha value is -3.26. The molecule has 262 valence electrons. The first-order valence-electron chi connectivity index (χ1n) is 16.2. The van der Waals surface area contributed by atoms with Gasteiger partial charge in [0.2, 0.25) is 5.91 Å². The monoisotopic (exact) mass is 678 g/mol. The molecule has 1 heterocycles. The van der Waals surface area contributed by atoms with E-state index in [0.717, 1.165) is 50.1 Å². The molecule has 1 aliphatic rings. The van der Waals surface area contributed by atoms with Gasteiger partial charge < -0.3 is 29.3 Å². The van der Waals surface area contributed by atoms with Crippen LogP contribution in [0.1, 0.15) is 63.2 Å². The smallest absolute Gasteiger partial charge is 0.261 e. The van der Waals surface area contributed by atoms with E-state index in [1.54, 1.807) is 24.9 Å². The summed E-state index contributed by atoms with van der Waals surface area (Å²) in [5, 5.41) is 10.2. The first-order valence-corrected chi connectivity index (χ1v) is 17.7. The molecule has 1 aliphatic heterocycles. The van der Waals surface area contributed by atoms with Crippen LogP contribution in [0, 0.1) is 11.7 Å². The molecule has 2 aromatic rings. The zero-order chi connectivity index (χ0) is 34.7. The zero-order valence-corrected chi connectivity index (χ0v) is 29.3. The summed E-state index contributed by atoms with van der Waals surface area (Å²) in [6, 6.07) is 8.34. The molecule has 2 aromatic carbocycles. The molecule has 47 heavy (non-hydrogen) atoms. The van der Waals surface area contributed by atoms with Gasteiger partial charge in [0.05, 0.1) is 35.3 Å². The summed E-state index contributed by atoms with van der Waals surface area (Å²) < 4.78 is 54.6. The molecule has 0 aromatic heterocycles. The van der Waals surface area contributed by atoms with Crippen molar-refractivity contribution in [2.24, 2.45) is 5.92 Å². The molecule has 11 nitrogen and oxygen atoms in total. The number of likely N-dealkylation sites (N-methyl/N-ethyl adjacent to an activating group) is 1. The molecule has 0 unspecified atom stereocenters. The lowest BCUT2D eigenvalue weighted by Gasteiger charge is -2.36. The third kappa shape index (κ3) is 11.4. The van der Waals surface area contributed by atoms with Crippen molar-refractivity contribution in [1.29, 1.82) is 0 Å². The Morgan fingerprint density at radius 1 is 1.13 bits per heavy atom. The molecule has 0 radical (unpaired) electrons. The standard InChI is InChI=1S/C34H51FN4O7S/c1-24-21-39(25(2)23-40)34(42)30-20-28(36-47(43,44)29-15-12-27(35)13-16-29)14-17-31(30)46-26(3)10-7-8-19-45-32(24)22-38(6)33(41)11-9-18-37(4)5/h12-17,20,24-26,32,36,40H,7-11,18-19,21-23H2,1-6H3/t24-,25-,26-,32+/m0/s1. The van der Waals surface area contributed by atoms with Crippen LogP contribution in [0.5, 0.6) is 5.75 Å². The number of hydrogen-bond donors (Lipinski definition) is 2. The predicted octanol–water partition coefficient (Wildman–Crippen LogP) is 4.22. The van der Waals surface area contributed by atoms with Crippen molar-refractivity contribution in [3.05, 3.63) is 53.8 Å². The number of fused-ring (bicyclic) bond motifs is 1. The first-order chi connectivity index (χ1) is 22.2. The van der Waals surface area contributed by atoms with Crippen LogP contribution in [0.3, 0.4) is 0 Å². The highest BCUT2D eigenvalue weighted by molar-refractivity contribution is 7.92. The quantitative estimate of drug-likeness (QED) is 0.362. The molecule has 3 rings (SSSR count). The van der Waals surface area contributed by atoms with Crippen LogP contribution in [-0.4, -0.2) is 112 Å². The number of carbonyl (C=O) groups excluding carboxylic acids is 2. The first kappa shape index (κ1) is 38.2. The lowest BCUT2D eigenvalue weighted by molar-refractivity contribution is -0.132. The van der Waals surface area contributed by atoms with E-state index < -0.39 is 27.8 Å². The number of aliphatic hydroxyl groups excluding tert-OH is 1. The largest absolute Gasteiger partial charge is 0.490 e. The van der Waals surface area contributed by atoms with Crippen molar-refractivity contribution in [3.8, 4) is 5.75 Å². The van der Waals surface area contributed by atoms with E-state index in [1.165, 1.54) is 17.0 Å². The lowest BCUT2D eigenvalue weighted by Crippen LogP contribution is -2.48. The SMILES string of the molecule is C[C@H]1CCCCO[C@H](CN(C)C(=O)CCCN(C)C)[C@@H](C)CN([C@@H](C)CO)C(=O)c2cc(NS(=O)(=O)c3ccc(F)cc3)ccc2O1. The fourth-order valence-corrected chi connectivity index (χ4v) is 6.44. The van der Waals surface area contributed by atoms with Gasteiger partial charge in [-0.1, -0.05) is 6.92 Å². The van der Waals surface area contributed by atoms with Crippen molar-refractivity contribution < 1.29 is 37.0 Å². The molecule has 2 N–H and O–H groups in total. The number of amides is 2. The second kappa shape index (κ2) is 17.8. The molecule has 0 bridgehead atoms. The van der Waals surface area contributed by atoms with Gasteiger partial charge in [-0.3, -0.25) is 14.3 Å². The Labute approximate surface area is 279 Å². The van der Waals surface area contributed by atoms with Gasteiger partial charge in [-0.2, -0.15) is 0 Å². The molecule has 13 heteroatoms. The molecule has 0 spiro atoms. The maximum Gasteiger partial charge on any atom is 0.261 e. The van der Waals surface area contributed by atoms with Crippen LogP contribution in [0.2, 0.25) is 0 Å². The molecule has 0 saturated heterocycles. The minimum Gasteiger partial charge on any atom is -0.490 e. The Balaban J connectivity index is 1.93. The maximum absolute atomic E-state index is 14.3. The number of rotatable bonds is 11. The van der Waals surface area contributed by atoms with E-state index >= 15 is 0 Å². The number of anilines is 1. The van der Waals surface area contributed by atoms with Crippen molar-refractivity contribution >= 4 is 27.5 Å². The van der Waals surface area contributed by atoms with E-state index in [9.17, 15) is 27.5 Å². The fourth-order valence-electron chi connectivity index (χ4n) is 5.39. The number of ether oxygens (including phenoxy) is 2. The summed E-state index contributed by atoms with van der Waals surface area (Å²) in [4.78, 5) is 32.4. The molecular weight excluding hydrogens is 627 g/mol. The fraction of sp³-hybridized carbons (Fsp3) is 0.588. The van der Waals surface area contributed by atoms with Crippen molar-refractivity contribution in [2.75, 3.05) is 58.7 Å². The Morgan fingerprint density at radius 3 is 2.49 bits per heavy atom. The summed E-state index contributed by atoms with van der Waals surface area (Å²) in [6.45, 7) is 7.14. The van der Waals surface area contributed by atoms with E-state index in [2.05, 4.69) is 4.72 Å².